The monoisotopic (exact) mass is 290 g/mol. The fraction of sp³-hybridized carbons (Fsp3) is 0.556. The SMILES string of the molecule is O=c1ccn([C@@H]2O[C@H](CO)[C@@H]3OS(=O)OC32)c(=O)[nH]1. The molecular formula is C9H10N2O7S. The van der Waals surface area contributed by atoms with Gasteiger partial charge in [-0.2, -0.15) is 4.21 Å². The van der Waals surface area contributed by atoms with Crippen LogP contribution in [0.5, 0.6) is 0 Å². The quantitative estimate of drug-likeness (QED) is 0.633. The van der Waals surface area contributed by atoms with E-state index in [0.717, 1.165) is 10.6 Å². The number of aromatic amines is 1. The predicted molar refractivity (Wildman–Crippen MR) is 60.2 cm³/mol. The van der Waals surface area contributed by atoms with Gasteiger partial charge >= 0.3 is 17.1 Å². The van der Waals surface area contributed by atoms with E-state index in [9.17, 15) is 18.9 Å². The number of aliphatic hydroxyl groups is 1. The van der Waals surface area contributed by atoms with Crippen molar-refractivity contribution in [3.8, 4) is 0 Å². The molecule has 3 heterocycles. The van der Waals surface area contributed by atoms with Gasteiger partial charge in [0.2, 0.25) is 0 Å². The number of aliphatic hydroxyl groups excluding tert-OH is 1. The third kappa shape index (κ3) is 2.07. The Balaban J connectivity index is 1.99. The smallest absolute Gasteiger partial charge is 0.330 e. The maximum Gasteiger partial charge on any atom is 0.330 e. The summed E-state index contributed by atoms with van der Waals surface area (Å²) in [6, 6.07) is 1.15. The first-order valence-corrected chi connectivity index (χ1v) is 6.44. The van der Waals surface area contributed by atoms with Crippen molar-refractivity contribution < 1.29 is 22.4 Å². The summed E-state index contributed by atoms with van der Waals surface area (Å²) in [6.45, 7) is -0.365. The highest BCUT2D eigenvalue weighted by atomic mass is 32.2. The third-order valence-corrected chi connectivity index (χ3v) is 3.73. The average molecular weight is 290 g/mol. The number of rotatable bonds is 2. The molecule has 104 valence electrons. The van der Waals surface area contributed by atoms with Crippen molar-refractivity contribution in [2.45, 2.75) is 24.5 Å². The molecule has 2 saturated heterocycles. The zero-order valence-electron chi connectivity index (χ0n) is 9.42. The van der Waals surface area contributed by atoms with Gasteiger partial charge in [-0.25, -0.2) is 4.79 Å². The van der Waals surface area contributed by atoms with Crippen LogP contribution in [-0.2, 0) is 24.5 Å². The minimum atomic E-state index is -1.94. The maximum absolute atomic E-state index is 11.7. The molecule has 19 heavy (non-hydrogen) atoms. The summed E-state index contributed by atoms with van der Waals surface area (Å²) in [7, 11) is 0. The maximum atomic E-state index is 11.7. The van der Waals surface area contributed by atoms with Crippen molar-refractivity contribution in [1.29, 1.82) is 0 Å². The van der Waals surface area contributed by atoms with Gasteiger partial charge < -0.3 is 9.84 Å². The molecule has 0 amide bonds. The van der Waals surface area contributed by atoms with E-state index >= 15 is 0 Å². The number of aromatic nitrogens is 2. The first-order chi connectivity index (χ1) is 9.10. The first-order valence-electron chi connectivity index (χ1n) is 5.44. The van der Waals surface area contributed by atoms with Crippen LogP contribution < -0.4 is 11.2 Å². The first kappa shape index (κ1) is 12.7. The van der Waals surface area contributed by atoms with Crippen molar-refractivity contribution in [1.82, 2.24) is 9.55 Å². The van der Waals surface area contributed by atoms with Gasteiger partial charge in [-0.05, 0) is 0 Å². The van der Waals surface area contributed by atoms with Crippen molar-refractivity contribution >= 4 is 11.4 Å². The number of nitrogens with one attached hydrogen (secondary N) is 1. The lowest BCUT2D eigenvalue weighted by atomic mass is 10.1. The van der Waals surface area contributed by atoms with Gasteiger partial charge in [-0.3, -0.25) is 22.7 Å². The van der Waals surface area contributed by atoms with E-state index in [1.54, 1.807) is 0 Å². The number of H-pyrrole nitrogens is 1. The minimum Gasteiger partial charge on any atom is -0.394 e. The Morgan fingerprint density at radius 3 is 2.79 bits per heavy atom. The largest absolute Gasteiger partial charge is 0.394 e. The summed E-state index contributed by atoms with van der Waals surface area (Å²) in [4.78, 5) is 24.8. The highest BCUT2D eigenvalue weighted by molar-refractivity contribution is 7.75. The normalized spacial score (nSPS) is 37.4. The Hall–Kier alpha value is -1.33. The van der Waals surface area contributed by atoms with Gasteiger partial charge in [0.05, 0.1) is 6.61 Å². The Morgan fingerprint density at radius 1 is 1.37 bits per heavy atom. The van der Waals surface area contributed by atoms with Gasteiger partial charge in [-0.15, -0.1) is 0 Å². The Bertz CT molecular complexity index is 625. The molecule has 0 spiro atoms. The summed E-state index contributed by atoms with van der Waals surface area (Å²) < 4.78 is 27.8. The average Bonchev–Trinajstić information content (AvgIpc) is 2.87. The van der Waals surface area contributed by atoms with Crippen LogP contribution in [0.1, 0.15) is 6.23 Å². The molecule has 0 aromatic carbocycles. The standard InChI is InChI=1S/C9H10N2O7S/c12-3-4-6-7(18-19(15)17-6)8(16-4)11-2-1-5(13)10-9(11)14/h1-2,4,6-8,12H,3H2,(H,10,13,14)/t4-,6+,7?,8-,19?/m1/s1. The predicted octanol–water partition coefficient (Wildman–Crippen LogP) is -2.21. The number of hydrogen-bond donors (Lipinski definition) is 2. The zero-order valence-corrected chi connectivity index (χ0v) is 10.2. The number of fused-ring (bicyclic) bond motifs is 1. The molecule has 2 aliphatic heterocycles. The molecule has 2 unspecified atom stereocenters. The number of nitrogens with zero attached hydrogens (tertiary/aromatic N) is 1. The summed E-state index contributed by atoms with van der Waals surface area (Å²) in [6.07, 6.45) is -1.94. The lowest BCUT2D eigenvalue weighted by Crippen LogP contribution is -2.36. The molecule has 5 atom stereocenters. The molecule has 0 bridgehead atoms. The lowest BCUT2D eigenvalue weighted by Gasteiger charge is -2.17. The van der Waals surface area contributed by atoms with Crippen LogP contribution >= 0.6 is 0 Å². The van der Waals surface area contributed by atoms with E-state index in [0.29, 0.717) is 0 Å². The van der Waals surface area contributed by atoms with Crippen LogP contribution in [0.2, 0.25) is 0 Å². The summed E-state index contributed by atoms with van der Waals surface area (Å²) in [5, 5.41) is 9.17. The van der Waals surface area contributed by atoms with Crippen LogP contribution in [0.15, 0.2) is 21.9 Å². The van der Waals surface area contributed by atoms with Crippen LogP contribution in [0.4, 0.5) is 0 Å². The van der Waals surface area contributed by atoms with E-state index in [2.05, 4.69) is 4.98 Å². The van der Waals surface area contributed by atoms with Crippen LogP contribution in [0.3, 0.4) is 0 Å². The van der Waals surface area contributed by atoms with E-state index < -0.39 is 47.2 Å². The Morgan fingerprint density at radius 2 is 2.11 bits per heavy atom. The van der Waals surface area contributed by atoms with Crippen molar-refractivity contribution in [2.24, 2.45) is 0 Å². The molecule has 1 aromatic heterocycles. The van der Waals surface area contributed by atoms with Gasteiger partial charge in [0.25, 0.3) is 5.56 Å². The van der Waals surface area contributed by atoms with Gasteiger partial charge in [0.1, 0.15) is 12.2 Å². The highest BCUT2D eigenvalue weighted by Crippen LogP contribution is 2.37. The summed E-state index contributed by atoms with van der Waals surface area (Å²) >= 11 is -1.94. The third-order valence-electron chi connectivity index (χ3n) is 2.97. The van der Waals surface area contributed by atoms with E-state index in [-0.39, 0.29) is 6.61 Å². The molecule has 3 rings (SSSR count). The van der Waals surface area contributed by atoms with Crippen molar-refractivity contribution in [2.75, 3.05) is 6.61 Å². The molecule has 1 aromatic rings. The molecule has 2 N–H and O–H groups in total. The zero-order chi connectivity index (χ0) is 13.6. The van der Waals surface area contributed by atoms with Gasteiger partial charge in [0.15, 0.2) is 12.3 Å². The molecule has 0 saturated carbocycles. The van der Waals surface area contributed by atoms with Gasteiger partial charge in [0, 0.05) is 12.3 Å². The Labute approximate surface area is 108 Å². The second kappa shape index (κ2) is 4.65. The fourth-order valence-electron chi connectivity index (χ4n) is 2.13. The summed E-state index contributed by atoms with van der Waals surface area (Å²) in [5.41, 5.74) is -1.22. The van der Waals surface area contributed by atoms with Crippen molar-refractivity contribution in [3.05, 3.63) is 33.1 Å². The molecule has 10 heteroatoms. The molecular weight excluding hydrogens is 280 g/mol. The number of ether oxygens (including phenoxy) is 1. The lowest BCUT2D eigenvalue weighted by molar-refractivity contribution is -0.0562. The van der Waals surface area contributed by atoms with E-state index in [4.69, 9.17) is 13.1 Å². The topological polar surface area (TPSA) is 120 Å². The van der Waals surface area contributed by atoms with E-state index in [1.807, 2.05) is 0 Å². The second-order valence-electron chi connectivity index (χ2n) is 4.09. The second-order valence-corrected chi connectivity index (χ2v) is 4.88. The minimum absolute atomic E-state index is 0.365. The Kier molecular flexibility index (Phi) is 3.11. The van der Waals surface area contributed by atoms with Crippen LogP contribution in [-0.4, -0.2) is 43.8 Å². The fourth-order valence-corrected chi connectivity index (χ4v) is 2.98. The molecule has 0 aliphatic carbocycles. The summed E-state index contributed by atoms with van der Waals surface area (Å²) in [5.74, 6) is 0. The van der Waals surface area contributed by atoms with Gasteiger partial charge in [-0.1, -0.05) is 0 Å². The van der Waals surface area contributed by atoms with Crippen LogP contribution in [0, 0.1) is 0 Å². The van der Waals surface area contributed by atoms with Crippen LogP contribution in [0.25, 0.3) is 0 Å². The number of hydrogen-bond acceptors (Lipinski definition) is 7. The van der Waals surface area contributed by atoms with E-state index in [1.165, 1.54) is 6.20 Å². The molecule has 0 radical (unpaired) electrons. The highest BCUT2D eigenvalue weighted by Gasteiger charge is 2.53. The molecule has 2 aliphatic rings. The molecule has 2 fully saturated rings. The van der Waals surface area contributed by atoms with Crippen molar-refractivity contribution in [3.63, 3.8) is 0 Å². The molecule has 9 nitrogen and oxygen atoms in total.